The lowest BCUT2D eigenvalue weighted by atomic mass is 9.90. The van der Waals surface area contributed by atoms with Gasteiger partial charge in [0.05, 0.1) is 0 Å². The fourth-order valence-corrected chi connectivity index (χ4v) is 2.21. The Hall–Kier alpha value is -0.0400. The maximum atomic E-state index is 3.60. The van der Waals surface area contributed by atoms with Crippen LogP contribution in [-0.4, -0.2) is 12.1 Å². The third-order valence-electron chi connectivity index (χ3n) is 2.99. The Morgan fingerprint density at radius 2 is 1.92 bits per heavy atom. The predicted octanol–water partition coefficient (Wildman–Crippen LogP) is 3.20. The summed E-state index contributed by atoms with van der Waals surface area (Å²) in [7, 11) is 0. The van der Waals surface area contributed by atoms with Gasteiger partial charge < -0.3 is 5.32 Å². The molecule has 78 valence electrons. The molecule has 1 saturated carbocycles. The van der Waals surface area contributed by atoms with E-state index >= 15 is 0 Å². The van der Waals surface area contributed by atoms with Crippen LogP contribution in [0.5, 0.6) is 0 Å². The van der Waals surface area contributed by atoms with Gasteiger partial charge in [-0.25, -0.2) is 0 Å². The van der Waals surface area contributed by atoms with E-state index in [0.717, 1.165) is 5.92 Å². The second-order valence-corrected chi connectivity index (χ2v) is 6.40. The number of nitrogens with one attached hydrogen (secondary N) is 1. The molecule has 0 aliphatic heterocycles. The molecule has 1 unspecified atom stereocenters. The number of rotatable bonds is 2. The van der Waals surface area contributed by atoms with Crippen LogP contribution in [0.3, 0.4) is 0 Å². The van der Waals surface area contributed by atoms with Crippen LogP contribution in [0.2, 0.25) is 0 Å². The largest absolute Gasteiger partial charge is 0.312 e. The maximum Gasteiger partial charge on any atom is 0.00966 e. The molecule has 1 rings (SSSR count). The van der Waals surface area contributed by atoms with Gasteiger partial charge in [0.25, 0.3) is 0 Å². The highest BCUT2D eigenvalue weighted by Gasteiger charge is 2.30. The van der Waals surface area contributed by atoms with Crippen molar-refractivity contribution in [3.8, 4) is 0 Å². The van der Waals surface area contributed by atoms with Crippen molar-refractivity contribution in [1.29, 1.82) is 0 Å². The van der Waals surface area contributed by atoms with E-state index < -0.39 is 0 Å². The summed E-state index contributed by atoms with van der Waals surface area (Å²) in [5.41, 5.74) is 0.886. The van der Waals surface area contributed by atoms with Gasteiger partial charge in [0, 0.05) is 5.54 Å². The lowest BCUT2D eigenvalue weighted by molar-refractivity contribution is 0.332. The summed E-state index contributed by atoms with van der Waals surface area (Å²) in [5, 5.41) is 3.60. The Kier molecular flexibility index (Phi) is 3.06. The van der Waals surface area contributed by atoms with Crippen molar-refractivity contribution >= 4 is 0 Å². The summed E-state index contributed by atoms with van der Waals surface area (Å²) >= 11 is 0. The second kappa shape index (κ2) is 3.61. The predicted molar refractivity (Wildman–Crippen MR) is 58.9 cm³/mol. The molecule has 1 N–H and O–H groups in total. The number of hydrogen-bond acceptors (Lipinski definition) is 1. The standard InChI is InChI=1S/C12H25N/c1-11(2,3)13-9-10-6-7-12(4,5)8-10/h10,13H,6-9H2,1-5H3. The van der Waals surface area contributed by atoms with Crippen molar-refractivity contribution in [2.24, 2.45) is 11.3 Å². The monoisotopic (exact) mass is 183 g/mol. The zero-order chi connectivity index (χ0) is 10.1. The molecule has 1 aliphatic carbocycles. The summed E-state index contributed by atoms with van der Waals surface area (Å²) in [6.45, 7) is 12.7. The Bertz CT molecular complexity index is 164. The molecule has 0 aromatic rings. The molecule has 0 radical (unpaired) electrons. The van der Waals surface area contributed by atoms with Crippen LogP contribution in [0, 0.1) is 11.3 Å². The first-order valence-electron chi connectivity index (χ1n) is 5.54. The van der Waals surface area contributed by atoms with E-state index in [1.807, 2.05) is 0 Å². The van der Waals surface area contributed by atoms with E-state index in [4.69, 9.17) is 0 Å². The molecular formula is C12H25N. The van der Waals surface area contributed by atoms with Gasteiger partial charge in [-0.2, -0.15) is 0 Å². The quantitative estimate of drug-likeness (QED) is 0.693. The molecule has 0 aromatic heterocycles. The SMILES string of the molecule is CC1(C)CCC(CNC(C)(C)C)C1. The topological polar surface area (TPSA) is 12.0 Å². The van der Waals surface area contributed by atoms with Gasteiger partial charge in [-0.3, -0.25) is 0 Å². The highest BCUT2D eigenvalue weighted by molar-refractivity contribution is 4.84. The van der Waals surface area contributed by atoms with Gasteiger partial charge >= 0.3 is 0 Å². The first-order valence-corrected chi connectivity index (χ1v) is 5.54. The molecular weight excluding hydrogens is 158 g/mol. The Morgan fingerprint density at radius 1 is 1.31 bits per heavy atom. The minimum absolute atomic E-state index is 0.284. The Labute approximate surface area is 83.3 Å². The molecule has 0 aromatic carbocycles. The van der Waals surface area contributed by atoms with E-state index in [1.165, 1.54) is 25.8 Å². The highest BCUT2D eigenvalue weighted by atomic mass is 14.9. The molecule has 0 saturated heterocycles. The lowest BCUT2D eigenvalue weighted by Crippen LogP contribution is -2.38. The van der Waals surface area contributed by atoms with Crippen LogP contribution >= 0.6 is 0 Å². The van der Waals surface area contributed by atoms with Crippen LogP contribution in [-0.2, 0) is 0 Å². The summed E-state index contributed by atoms with van der Waals surface area (Å²) in [6.07, 6.45) is 4.22. The first kappa shape index (κ1) is 11.0. The van der Waals surface area contributed by atoms with Gasteiger partial charge in [0.1, 0.15) is 0 Å². The minimum atomic E-state index is 0.284. The molecule has 0 bridgehead atoms. The van der Waals surface area contributed by atoms with Crippen LogP contribution in [0.25, 0.3) is 0 Å². The van der Waals surface area contributed by atoms with Crippen molar-refractivity contribution in [3.63, 3.8) is 0 Å². The van der Waals surface area contributed by atoms with E-state index in [-0.39, 0.29) is 5.54 Å². The average Bonchev–Trinajstić information content (AvgIpc) is 2.24. The van der Waals surface area contributed by atoms with Crippen molar-refractivity contribution in [3.05, 3.63) is 0 Å². The van der Waals surface area contributed by atoms with E-state index in [2.05, 4.69) is 39.9 Å². The van der Waals surface area contributed by atoms with Crippen LogP contribution in [0.1, 0.15) is 53.9 Å². The molecule has 1 nitrogen and oxygen atoms in total. The van der Waals surface area contributed by atoms with Gasteiger partial charge in [0.2, 0.25) is 0 Å². The molecule has 1 heteroatoms. The zero-order valence-corrected chi connectivity index (χ0v) is 9.91. The van der Waals surface area contributed by atoms with Crippen LogP contribution in [0.4, 0.5) is 0 Å². The second-order valence-electron chi connectivity index (χ2n) is 6.40. The third kappa shape index (κ3) is 4.12. The molecule has 0 spiro atoms. The van der Waals surface area contributed by atoms with Gasteiger partial charge in [-0.05, 0) is 57.9 Å². The molecule has 0 amide bonds. The number of hydrogen-bond donors (Lipinski definition) is 1. The fraction of sp³-hybridized carbons (Fsp3) is 1.00. The third-order valence-corrected chi connectivity index (χ3v) is 2.99. The molecule has 13 heavy (non-hydrogen) atoms. The van der Waals surface area contributed by atoms with E-state index in [9.17, 15) is 0 Å². The smallest absolute Gasteiger partial charge is 0.00966 e. The van der Waals surface area contributed by atoms with Gasteiger partial charge in [-0.1, -0.05) is 13.8 Å². The summed E-state index contributed by atoms with van der Waals surface area (Å²) in [6, 6.07) is 0. The van der Waals surface area contributed by atoms with Crippen molar-refractivity contribution < 1.29 is 0 Å². The van der Waals surface area contributed by atoms with E-state index in [0.29, 0.717) is 5.41 Å². The fourth-order valence-electron chi connectivity index (χ4n) is 2.21. The normalized spacial score (nSPS) is 27.9. The average molecular weight is 183 g/mol. The summed E-state index contributed by atoms with van der Waals surface area (Å²) < 4.78 is 0. The summed E-state index contributed by atoms with van der Waals surface area (Å²) in [4.78, 5) is 0. The lowest BCUT2D eigenvalue weighted by Gasteiger charge is -2.24. The van der Waals surface area contributed by atoms with Crippen molar-refractivity contribution in [2.45, 2.75) is 59.4 Å². The van der Waals surface area contributed by atoms with Gasteiger partial charge in [-0.15, -0.1) is 0 Å². The zero-order valence-electron chi connectivity index (χ0n) is 9.91. The summed E-state index contributed by atoms with van der Waals surface area (Å²) in [5.74, 6) is 0.911. The Morgan fingerprint density at radius 3 is 2.31 bits per heavy atom. The van der Waals surface area contributed by atoms with Crippen molar-refractivity contribution in [2.75, 3.05) is 6.54 Å². The molecule has 0 heterocycles. The molecule has 1 atom stereocenters. The highest BCUT2D eigenvalue weighted by Crippen LogP contribution is 2.40. The van der Waals surface area contributed by atoms with Crippen molar-refractivity contribution in [1.82, 2.24) is 5.32 Å². The van der Waals surface area contributed by atoms with Gasteiger partial charge in [0.15, 0.2) is 0 Å². The first-order chi connectivity index (χ1) is 5.79. The maximum absolute atomic E-state index is 3.60. The molecule has 1 aliphatic rings. The molecule has 1 fully saturated rings. The minimum Gasteiger partial charge on any atom is -0.312 e. The van der Waals surface area contributed by atoms with Crippen LogP contribution < -0.4 is 5.32 Å². The Balaban J connectivity index is 2.25. The van der Waals surface area contributed by atoms with E-state index in [1.54, 1.807) is 0 Å². The van der Waals surface area contributed by atoms with Crippen LogP contribution in [0.15, 0.2) is 0 Å².